The molecule has 2 N–H and O–H groups in total. The maximum atomic E-state index is 12.0. The first-order chi connectivity index (χ1) is 8.71. The molecular formula is C13H16N2O2S. The van der Waals surface area contributed by atoms with Crippen LogP contribution < -0.4 is 5.32 Å². The first-order valence-corrected chi connectivity index (χ1v) is 7.01. The fourth-order valence-electron chi connectivity index (χ4n) is 1.55. The van der Waals surface area contributed by atoms with Crippen molar-refractivity contribution in [3.05, 3.63) is 35.4 Å². The second-order valence-electron chi connectivity index (χ2n) is 3.83. The Morgan fingerprint density at radius 2 is 2.39 bits per heavy atom. The van der Waals surface area contributed by atoms with E-state index in [9.17, 15) is 4.79 Å². The average molecular weight is 264 g/mol. The van der Waals surface area contributed by atoms with Crippen molar-refractivity contribution in [2.24, 2.45) is 0 Å². The van der Waals surface area contributed by atoms with Crippen LogP contribution in [0.4, 0.5) is 0 Å². The highest BCUT2D eigenvalue weighted by Gasteiger charge is 2.13. The Morgan fingerprint density at radius 3 is 3.00 bits per heavy atom. The highest BCUT2D eigenvalue weighted by molar-refractivity contribution is 7.98. The smallest absolute Gasteiger partial charge is 0.251 e. The van der Waals surface area contributed by atoms with Crippen LogP contribution in [0.1, 0.15) is 22.3 Å². The van der Waals surface area contributed by atoms with Crippen LogP contribution >= 0.6 is 11.8 Å². The van der Waals surface area contributed by atoms with E-state index >= 15 is 0 Å². The number of aliphatic hydroxyl groups is 1. The SMILES string of the molecule is CSCC(CCO)NC(=O)c1cccc(C#N)c1. The molecule has 96 valence electrons. The van der Waals surface area contributed by atoms with Gasteiger partial charge in [-0.05, 0) is 30.9 Å². The minimum Gasteiger partial charge on any atom is -0.396 e. The molecule has 0 radical (unpaired) electrons. The number of nitrogens with one attached hydrogen (secondary N) is 1. The minimum atomic E-state index is -0.209. The number of aliphatic hydroxyl groups excluding tert-OH is 1. The van der Waals surface area contributed by atoms with Crippen molar-refractivity contribution in [3.63, 3.8) is 0 Å². The van der Waals surface area contributed by atoms with Crippen molar-refractivity contribution in [3.8, 4) is 6.07 Å². The molecule has 0 fully saturated rings. The van der Waals surface area contributed by atoms with E-state index in [0.717, 1.165) is 5.75 Å². The molecule has 0 saturated carbocycles. The normalized spacial score (nSPS) is 11.6. The van der Waals surface area contributed by atoms with E-state index < -0.39 is 0 Å². The van der Waals surface area contributed by atoms with Gasteiger partial charge in [-0.15, -0.1) is 0 Å². The summed E-state index contributed by atoms with van der Waals surface area (Å²) < 4.78 is 0. The molecule has 0 aliphatic heterocycles. The van der Waals surface area contributed by atoms with Gasteiger partial charge in [0, 0.05) is 24.0 Å². The predicted octanol–water partition coefficient (Wildman–Crippen LogP) is 1.40. The summed E-state index contributed by atoms with van der Waals surface area (Å²) in [5.41, 5.74) is 0.935. The summed E-state index contributed by atoms with van der Waals surface area (Å²) >= 11 is 1.62. The quantitative estimate of drug-likeness (QED) is 0.814. The molecule has 0 bridgehead atoms. The molecular weight excluding hydrogens is 248 g/mol. The van der Waals surface area contributed by atoms with E-state index in [-0.39, 0.29) is 18.6 Å². The summed E-state index contributed by atoms with van der Waals surface area (Å²) in [6.07, 6.45) is 2.48. The van der Waals surface area contributed by atoms with Crippen molar-refractivity contribution in [2.75, 3.05) is 18.6 Å². The van der Waals surface area contributed by atoms with Gasteiger partial charge in [0.25, 0.3) is 5.91 Å². The standard InChI is InChI=1S/C13H16N2O2S/c1-18-9-12(5-6-16)15-13(17)11-4-2-3-10(7-11)8-14/h2-4,7,12,16H,5-6,9H2,1H3,(H,15,17). The van der Waals surface area contributed by atoms with E-state index in [1.807, 2.05) is 12.3 Å². The number of benzene rings is 1. The lowest BCUT2D eigenvalue weighted by Gasteiger charge is -2.16. The van der Waals surface area contributed by atoms with E-state index in [2.05, 4.69) is 5.32 Å². The van der Waals surface area contributed by atoms with E-state index in [4.69, 9.17) is 10.4 Å². The zero-order valence-electron chi connectivity index (χ0n) is 10.2. The molecule has 0 aromatic heterocycles. The summed E-state index contributed by atoms with van der Waals surface area (Å²) in [4.78, 5) is 12.0. The third-order valence-corrected chi connectivity index (χ3v) is 3.17. The third kappa shape index (κ3) is 4.40. The van der Waals surface area contributed by atoms with E-state index in [0.29, 0.717) is 17.5 Å². The lowest BCUT2D eigenvalue weighted by molar-refractivity contribution is 0.0935. The van der Waals surface area contributed by atoms with Crippen LogP contribution in [0.2, 0.25) is 0 Å². The van der Waals surface area contributed by atoms with Crippen LogP contribution in [0.15, 0.2) is 24.3 Å². The van der Waals surface area contributed by atoms with Crippen molar-refractivity contribution in [1.29, 1.82) is 5.26 Å². The Bertz CT molecular complexity index is 437. The number of carbonyl (C=O) groups excluding carboxylic acids is 1. The molecule has 4 nitrogen and oxygen atoms in total. The summed E-state index contributed by atoms with van der Waals surface area (Å²) in [7, 11) is 0. The highest BCUT2D eigenvalue weighted by atomic mass is 32.2. The first-order valence-electron chi connectivity index (χ1n) is 5.62. The van der Waals surface area contributed by atoms with Crippen LogP contribution in [0.5, 0.6) is 0 Å². The molecule has 1 aromatic rings. The summed E-state index contributed by atoms with van der Waals surface area (Å²) in [5.74, 6) is 0.546. The van der Waals surface area contributed by atoms with Crippen LogP contribution in [0.3, 0.4) is 0 Å². The molecule has 0 saturated heterocycles. The Hall–Kier alpha value is -1.51. The molecule has 1 aromatic carbocycles. The number of rotatable bonds is 6. The summed E-state index contributed by atoms with van der Waals surface area (Å²) in [6, 6.07) is 8.52. The van der Waals surface area contributed by atoms with Crippen LogP contribution in [-0.2, 0) is 0 Å². The average Bonchev–Trinajstić information content (AvgIpc) is 2.39. The fourth-order valence-corrected chi connectivity index (χ4v) is 2.21. The third-order valence-electron chi connectivity index (χ3n) is 2.43. The molecule has 0 aliphatic carbocycles. The number of hydrogen-bond acceptors (Lipinski definition) is 4. The van der Waals surface area contributed by atoms with Crippen LogP contribution in [0.25, 0.3) is 0 Å². The van der Waals surface area contributed by atoms with Crippen molar-refractivity contribution in [2.45, 2.75) is 12.5 Å². The summed E-state index contributed by atoms with van der Waals surface area (Å²) in [5, 5.41) is 20.6. The molecule has 1 amide bonds. The number of nitriles is 1. The van der Waals surface area contributed by atoms with Crippen LogP contribution in [-0.4, -0.2) is 35.7 Å². The second-order valence-corrected chi connectivity index (χ2v) is 4.74. The fraction of sp³-hybridized carbons (Fsp3) is 0.385. The molecule has 5 heteroatoms. The zero-order chi connectivity index (χ0) is 13.4. The van der Waals surface area contributed by atoms with E-state index in [1.54, 1.807) is 36.0 Å². The highest BCUT2D eigenvalue weighted by Crippen LogP contribution is 2.07. The van der Waals surface area contributed by atoms with Gasteiger partial charge in [-0.2, -0.15) is 17.0 Å². The number of thioether (sulfide) groups is 1. The maximum absolute atomic E-state index is 12.0. The Kier molecular flexibility index (Phi) is 6.26. The Labute approximate surface area is 111 Å². The number of carbonyl (C=O) groups is 1. The van der Waals surface area contributed by atoms with Crippen molar-refractivity contribution in [1.82, 2.24) is 5.32 Å². The Balaban J connectivity index is 2.71. The van der Waals surface area contributed by atoms with Gasteiger partial charge in [0.05, 0.1) is 11.6 Å². The van der Waals surface area contributed by atoms with Gasteiger partial charge in [0.15, 0.2) is 0 Å². The zero-order valence-corrected chi connectivity index (χ0v) is 11.0. The molecule has 0 spiro atoms. The minimum absolute atomic E-state index is 0.0454. The first kappa shape index (κ1) is 14.6. The van der Waals surface area contributed by atoms with Gasteiger partial charge in [-0.1, -0.05) is 6.07 Å². The second kappa shape index (κ2) is 7.75. The molecule has 18 heavy (non-hydrogen) atoms. The molecule has 1 atom stereocenters. The maximum Gasteiger partial charge on any atom is 0.251 e. The topological polar surface area (TPSA) is 73.1 Å². The van der Waals surface area contributed by atoms with Gasteiger partial charge >= 0.3 is 0 Å². The summed E-state index contributed by atoms with van der Waals surface area (Å²) in [6.45, 7) is 0.0454. The molecule has 1 rings (SSSR count). The molecule has 0 aliphatic rings. The lowest BCUT2D eigenvalue weighted by Crippen LogP contribution is -2.37. The van der Waals surface area contributed by atoms with Crippen LogP contribution in [0, 0.1) is 11.3 Å². The van der Waals surface area contributed by atoms with Gasteiger partial charge < -0.3 is 10.4 Å². The van der Waals surface area contributed by atoms with Gasteiger partial charge in [0.2, 0.25) is 0 Å². The lowest BCUT2D eigenvalue weighted by atomic mass is 10.1. The molecule has 0 heterocycles. The van der Waals surface area contributed by atoms with Crippen molar-refractivity contribution < 1.29 is 9.90 Å². The van der Waals surface area contributed by atoms with Gasteiger partial charge in [-0.25, -0.2) is 0 Å². The van der Waals surface area contributed by atoms with E-state index in [1.165, 1.54) is 0 Å². The van der Waals surface area contributed by atoms with Crippen molar-refractivity contribution >= 4 is 17.7 Å². The van der Waals surface area contributed by atoms with Gasteiger partial charge in [0.1, 0.15) is 0 Å². The molecule has 1 unspecified atom stereocenters. The number of amides is 1. The number of nitrogens with zero attached hydrogens (tertiary/aromatic N) is 1. The Morgan fingerprint density at radius 1 is 1.61 bits per heavy atom. The monoisotopic (exact) mass is 264 g/mol. The predicted molar refractivity (Wildman–Crippen MR) is 72.5 cm³/mol. The van der Waals surface area contributed by atoms with Gasteiger partial charge in [-0.3, -0.25) is 4.79 Å². The number of hydrogen-bond donors (Lipinski definition) is 2. The largest absolute Gasteiger partial charge is 0.396 e.